The summed E-state index contributed by atoms with van der Waals surface area (Å²) in [4.78, 5) is 12.1. The lowest BCUT2D eigenvalue weighted by molar-refractivity contribution is 0.0921. The van der Waals surface area contributed by atoms with E-state index in [1.54, 1.807) is 25.3 Å². The maximum Gasteiger partial charge on any atom is 0.252 e. The molecule has 0 heterocycles. The average molecular weight is 285 g/mol. The van der Waals surface area contributed by atoms with Crippen molar-refractivity contribution in [2.45, 2.75) is 20.3 Å². The first kappa shape index (κ1) is 15.8. The zero-order chi connectivity index (χ0) is 14.5. The molecule has 0 atom stereocenters. The smallest absolute Gasteiger partial charge is 0.252 e. The summed E-state index contributed by atoms with van der Waals surface area (Å²) in [6, 6.07) is 4.88. The number of carbonyl (C=O) groups is 1. The number of ether oxygens (including phenoxy) is 1. The minimum Gasteiger partial charge on any atom is -0.399 e. The van der Waals surface area contributed by atoms with Crippen LogP contribution in [0.1, 0.15) is 30.6 Å². The van der Waals surface area contributed by atoms with Crippen LogP contribution in [0, 0.1) is 5.41 Å². The summed E-state index contributed by atoms with van der Waals surface area (Å²) >= 11 is 5.99. The lowest BCUT2D eigenvalue weighted by atomic mass is 9.89. The van der Waals surface area contributed by atoms with Crippen LogP contribution in [0.2, 0.25) is 5.02 Å². The van der Waals surface area contributed by atoms with Gasteiger partial charge in [-0.15, -0.1) is 0 Å². The second-order valence-electron chi connectivity index (χ2n) is 5.33. The minimum absolute atomic E-state index is 0.0293. The molecule has 0 fully saturated rings. The summed E-state index contributed by atoms with van der Waals surface area (Å²) in [6.07, 6.45) is 0.869. The van der Waals surface area contributed by atoms with Crippen molar-refractivity contribution in [2.75, 3.05) is 26.0 Å². The van der Waals surface area contributed by atoms with Crippen LogP contribution in [-0.4, -0.2) is 26.2 Å². The van der Waals surface area contributed by atoms with Crippen LogP contribution < -0.4 is 11.1 Å². The molecule has 19 heavy (non-hydrogen) atoms. The number of hydrogen-bond acceptors (Lipinski definition) is 3. The first-order chi connectivity index (χ1) is 8.85. The normalized spacial score (nSPS) is 11.4. The van der Waals surface area contributed by atoms with Crippen LogP contribution in [0.5, 0.6) is 0 Å². The number of methoxy groups -OCH3 is 1. The van der Waals surface area contributed by atoms with Gasteiger partial charge in [-0.2, -0.15) is 0 Å². The van der Waals surface area contributed by atoms with Gasteiger partial charge < -0.3 is 15.8 Å². The van der Waals surface area contributed by atoms with Crippen molar-refractivity contribution in [1.29, 1.82) is 0 Å². The highest BCUT2D eigenvalue weighted by molar-refractivity contribution is 6.34. The van der Waals surface area contributed by atoms with E-state index in [9.17, 15) is 4.79 Å². The number of nitrogens with one attached hydrogen (secondary N) is 1. The summed E-state index contributed by atoms with van der Waals surface area (Å²) < 4.78 is 5.05. The fourth-order valence-electron chi connectivity index (χ4n) is 1.60. The molecule has 1 amide bonds. The first-order valence-electron chi connectivity index (χ1n) is 6.18. The molecule has 0 unspecified atom stereocenters. The molecule has 0 aromatic heterocycles. The number of nitrogen functional groups attached to an aromatic ring is 1. The third kappa shape index (κ3) is 5.09. The summed E-state index contributed by atoms with van der Waals surface area (Å²) in [6.45, 7) is 5.38. The van der Waals surface area contributed by atoms with Gasteiger partial charge in [0.25, 0.3) is 5.91 Å². The molecule has 0 saturated heterocycles. The molecule has 4 nitrogen and oxygen atoms in total. The highest BCUT2D eigenvalue weighted by atomic mass is 35.5. The van der Waals surface area contributed by atoms with Crippen molar-refractivity contribution in [3.63, 3.8) is 0 Å². The molecule has 0 radical (unpaired) electrons. The molecule has 0 bridgehead atoms. The Labute approximate surface area is 119 Å². The zero-order valence-corrected chi connectivity index (χ0v) is 12.4. The molecule has 0 saturated carbocycles. The van der Waals surface area contributed by atoms with Gasteiger partial charge in [0, 0.05) is 25.9 Å². The van der Waals surface area contributed by atoms with E-state index in [2.05, 4.69) is 19.2 Å². The van der Waals surface area contributed by atoms with E-state index >= 15 is 0 Å². The Balaban J connectivity index is 2.62. The van der Waals surface area contributed by atoms with Gasteiger partial charge in [0.05, 0.1) is 10.6 Å². The van der Waals surface area contributed by atoms with Gasteiger partial charge >= 0.3 is 0 Å². The van der Waals surface area contributed by atoms with Gasteiger partial charge in [-0.1, -0.05) is 25.4 Å². The molecule has 106 valence electrons. The standard InChI is InChI=1S/C14H21ClN2O2/c1-14(2,6-7-19-3)9-17-13(18)11-8-10(16)4-5-12(11)15/h4-5,8H,6-7,9,16H2,1-3H3,(H,17,18). The van der Waals surface area contributed by atoms with E-state index < -0.39 is 0 Å². The maximum absolute atomic E-state index is 12.1. The quantitative estimate of drug-likeness (QED) is 0.790. The van der Waals surface area contributed by atoms with Crippen LogP contribution in [0.25, 0.3) is 0 Å². The molecule has 1 aromatic rings. The van der Waals surface area contributed by atoms with E-state index in [4.69, 9.17) is 22.1 Å². The van der Waals surface area contributed by atoms with Gasteiger partial charge in [-0.05, 0) is 30.0 Å². The Kier molecular flexibility index (Phi) is 5.63. The molecule has 0 aliphatic heterocycles. The number of rotatable bonds is 6. The van der Waals surface area contributed by atoms with Crippen LogP contribution >= 0.6 is 11.6 Å². The highest BCUT2D eigenvalue weighted by Crippen LogP contribution is 2.21. The molecule has 3 N–H and O–H groups in total. The number of nitrogens with two attached hydrogens (primary N) is 1. The van der Waals surface area contributed by atoms with Crippen LogP contribution in [-0.2, 0) is 4.74 Å². The third-order valence-corrected chi connectivity index (χ3v) is 3.28. The summed E-state index contributed by atoms with van der Waals surface area (Å²) in [5, 5.41) is 3.29. The predicted octanol–water partition coefficient (Wildman–Crippen LogP) is 2.71. The van der Waals surface area contributed by atoms with Crippen molar-refractivity contribution >= 4 is 23.2 Å². The first-order valence-corrected chi connectivity index (χ1v) is 6.56. The molecule has 1 aromatic carbocycles. The zero-order valence-electron chi connectivity index (χ0n) is 11.6. The number of amides is 1. The lowest BCUT2D eigenvalue weighted by Crippen LogP contribution is -2.34. The van der Waals surface area contributed by atoms with E-state index in [1.807, 2.05) is 0 Å². The van der Waals surface area contributed by atoms with E-state index in [0.29, 0.717) is 29.4 Å². The van der Waals surface area contributed by atoms with Gasteiger partial charge in [-0.3, -0.25) is 4.79 Å². The molecule has 1 rings (SSSR count). The highest BCUT2D eigenvalue weighted by Gasteiger charge is 2.19. The molecule has 0 aliphatic carbocycles. The van der Waals surface area contributed by atoms with Crippen molar-refractivity contribution < 1.29 is 9.53 Å². The van der Waals surface area contributed by atoms with Gasteiger partial charge in [0.1, 0.15) is 0 Å². The van der Waals surface area contributed by atoms with E-state index in [0.717, 1.165) is 6.42 Å². The molecular formula is C14H21ClN2O2. The van der Waals surface area contributed by atoms with Gasteiger partial charge in [0.15, 0.2) is 0 Å². The van der Waals surface area contributed by atoms with Crippen molar-refractivity contribution in [3.8, 4) is 0 Å². The predicted molar refractivity (Wildman–Crippen MR) is 78.5 cm³/mol. The fraction of sp³-hybridized carbons (Fsp3) is 0.500. The van der Waals surface area contributed by atoms with Gasteiger partial charge in [0.2, 0.25) is 0 Å². The van der Waals surface area contributed by atoms with Crippen LogP contribution in [0.15, 0.2) is 18.2 Å². The fourth-order valence-corrected chi connectivity index (χ4v) is 1.80. The van der Waals surface area contributed by atoms with Crippen LogP contribution in [0.4, 0.5) is 5.69 Å². The van der Waals surface area contributed by atoms with E-state index in [1.165, 1.54) is 0 Å². The molecule has 0 spiro atoms. The summed E-state index contributed by atoms with van der Waals surface area (Å²) in [5.41, 5.74) is 6.56. The topological polar surface area (TPSA) is 64.3 Å². The van der Waals surface area contributed by atoms with Gasteiger partial charge in [-0.25, -0.2) is 0 Å². The number of anilines is 1. The van der Waals surface area contributed by atoms with E-state index in [-0.39, 0.29) is 11.3 Å². The Morgan fingerprint density at radius 3 is 2.79 bits per heavy atom. The summed E-state index contributed by atoms with van der Waals surface area (Å²) in [5.74, 6) is -0.206. The summed E-state index contributed by atoms with van der Waals surface area (Å²) in [7, 11) is 1.67. The van der Waals surface area contributed by atoms with Crippen LogP contribution in [0.3, 0.4) is 0 Å². The monoisotopic (exact) mass is 284 g/mol. The largest absolute Gasteiger partial charge is 0.399 e. The Hall–Kier alpha value is -1.26. The average Bonchev–Trinajstić information content (AvgIpc) is 2.36. The Morgan fingerprint density at radius 2 is 2.16 bits per heavy atom. The molecule has 5 heteroatoms. The van der Waals surface area contributed by atoms with Crippen molar-refractivity contribution in [2.24, 2.45) is 5.41 Å². The number of carbonyl (C=O) groups excluding carboxylic acids is 1. The maximum atomic E-state index is 12.1. The lowest BCUT2D eigenvalue weighted by Gasteiger charge is -2.24. The molecular weight excluding hydrogens is 264 g/mol. The molecule has 0 aliphatic rings. The second-order valence-corrected chi connectivity index (χ2v) is 5.74. The Morgan fingerprint density at radius 1 is 1.47 bits per heavy atom. The second kappa shape index (κ2) is 6.78. The third-order valence-electron chi connectivity index (χ3n) is 2.95. The number of hydrogen-bond donors (Lipinski definition) is 2. The Bertz CT molecular complexity index is 447. The number of halogens is 1. The number of benzene rings is 1. The SMILES string of the molecule is COCCC(C)(C)CNC(=O)c1cc(N)ccc1Cl. The van der Waals surface area contributed by atoms with Crippen molar-refractivity contribution in [3.05, 3.63) is 28.8 Å². The van der Waals surface area contributed by atoms with Crippen molar-refractivity contribution in [1.82, 2.24) is 5.32 Å². The minimum atomic E-state index is -0.206.